The van der Waals surface area contributed by atoms with Crippen molar-refractivity contribution in [2.45, 2.75) is 19.9 Å². The number of aryl methyl sites for hydroxylation is 2. The quantitative estimate of drug-likeness (QED) is 0.356. The van der Waals surface area contributed by atoms with Gasteiger partial charge in [-0.3, -0.25) is 14.5 Å². The number of benzene rings is 3. The van der Waals surface area contributed by atoms with E-state index in [1.165, 1.54) is 36.3 Å². The van der Waals surface area contributed by atoms with Gasteiger partial charge in [0.05, 0.1) is 18.7 Å². The summed E-state index contributed by atoms with van der Waals surface area (Å²) in [6, 6.07) is 16.8. The van der Waals surface area contributed by atoms with E-state index in [1.807, 2.05) is 26.0 Å². The average molecular weight is 431 g/mol. The highest BCUT2D eigenvalue weighted by Crippen LogP contribution is 2.43. The van der Waals surface area contributed by atoms with Crippen molar-refractivity contribution in [1.82, 2.24) is 0 Å². The van der Waals surface area contributed by atoms with Crippen LogP contribution in [0.25, 0.3) is 5.76 Å². The topological polar surface area (TPSA) is 66.8 Å². The zero-order valence-electron chi connectivity index (χ0n) is 17.9. The number of Topliss-reactive ketones (excluding diaryl/α,β-unsaturated/α-hetero) is 1. The number of aliphatic hydroxyl groups is 1. The largest absolute Gasteiger partial charge is 0.507 e. The van der Waals surface area contributed by atoms with E-state index in [9.17, 15) is 19.1 Å². The Balaban J connectivity index is 1.97. The van der Waals surface area contributed by atoms with Crippen molar-refractivity contribution < 1.29 is 23.8 Å². The summed E-state index contributed by atoms with van der Waals surface area (Å²) < 4.78 is 18.7. The SMILES string of the molecule is COc1cccc(C2/C(=C(\O)c3ccc(F)cc3)C(=O)C(=O)N2c2ccc(C)cc2C)c1. The predicted molar refractivity (Wildman–Crippen MR) is 120 cm³/mol. The molecule has 0 spiro atoms. The number of hydrogen-bond acceptors (Lipinski definition) is 4. The van der Waals surface area contributed by atoms with Crippen LogP contribution >= 0.6 is 0 Å². The summed E-state index contributed by atoms with van der Waals surface area (Å²) in [4.78, 5) is 27.8. The molecule has 1 fully saturated rings. The van der Waals surface area contributed by atoms with Gasteiger partial charge in [0.1, 0.15) is 17.3 Å². The van der Waals surface area contributed by atoms with E-state index in [4.69, 9.17) is 4.74 Å². The number of anilines is 1. The number of carbonyl (C=O) groups is 2. The minimum absolute atomic E-state index is 0.0603. The summed E-state index contributed by atoms with van der Waals surface area (Å²) in [5, 5.41) is 11.1. The lowest BCUT2D eigenvalue weighted by Gasteiger charge is -2.27. The molecule has 1 amide bonds. The van der Waals surface area contributed by atoms with Crippen LogP contribution < -0.4 is 9.64 Å². The first-order valence-corrected chi connectivity index (χ1v) is 10.1. The molecule has 3 aromatic carbocycles. The molecule has 1 aliphatic rings. The van der Waals surface area contributed by atoms with E-state index in [1.54, 1.807) is 30.3 Å². The molecule has 1 N–H and O–H groups in total. The first-order valence-electron chi connectivity index (χ1n) is 10.1. The van der Waals surface area contributed by atoms with E-state index in [2.05, 4.69) is 0 Å². The lowest BCUT2D eigenvalue weighted by atomic mass is 9.94. The molecule has 0 aliphatic carbocycles. The number of ketones is 1. The molecule has 1 atom stereocenters. The predicted octanol–water partition coefficient (Wildman–Crippen LogP) is 5.08. The van der Waals surface area contributed by atoms with Crippen LogP contribution in [-0.2, 0) is 9.59 Å². The molecule has 1 heterocycles. The second-order valence-electron chi connectivity index (χ2n) is 7.74. The minimum Gasteiger partial charge on any atom is -0.507 e. The zero-order chi connectivity index (χ0) is 23.0. The van der Waals surface area contributed by atoms with E-state index >= 15 is 0 Å². The van der Waals surface area contributed by atoms with E-state index in [-0.39, 0.29) is 16.9 Å². The van der Waals surface area contributed by atoms with Crippen LogP contribution in [0.4, 0.5) is 10.1 Å². The number of rotatable bonds is 4. The molecular weight excluding hydrogens is 409 g/mol. The monoisotopic (exact) mass is 431 g/mol. The maximum absolute atomic E-state index is 13.4. The first kappa shape index (κ1) is 21.3. The molecular formula is C26H22FNO4. The number of hydrogen-bond donors (Lipinski definition) is 1. The summed E-state index contributed by atoms with van der Waals surface area (Å²) in [6.45, 7) is 3.81. The summed E-state index contributed by atoms with van der Waals surface area (Å²) in [5.41, 5.74) is 3.21. The van der Waals surface area contributed by atoms with Gasteiger partial charge < -0.3 is 9.84 Å². The number of aliphatic hydroxyl groups excluding tert-OH is 1. The van der Waals surface area contributed by atoms with E-state index < -0.39 is 23.5 Å². The Hall–Kier alpha value is -3.93. The van der Waals surface area contributed by atoms with Gasteiger partial charge in [0, 0.05) is 11.3 Å². The molecule has 3 aromatic rings. The van der Waals surface area contributed by atoms with Gasteiger partial charge >= 0.3 is 0 Å². The van der Waals surface area contributed by atoms with Crippen LogP contribution in [0.5, 0.6) is 5.75 Å². The van der Waals surface area contributed by atoms with Gasteiger partial charge in [-0.2, -0.15) is 0 Å². The third-order valence-electron chi connectivity index (χ3n) is 5.58. The van der Waals surface area contributed by atoms with Gasteiger partial charge in [0.15, 0.2) is 0 Å². The van der Waals surface area contributed by atoms with Crippen molar-refractivity contribution in [2.24, 2.45) is 0 Å². The number of carbonyl (C=O) groups excluding carboxylic acids is 2. The van der Waals surface area contributed by atoms with Crippen molar-refractivity contribution >= 4 is 23.1 Å². The molecule has 162 valence electrons. The van der Waals surface area contributed by atoms with Gasteiger partial charge in [-0.1, -0.05) is 29.8 Å². The Morgan fingerprint density at radius 2 is 1.72 bits per heavy atom. The fraction of sp³-hybridized carbons (Fsp3) is 0.154. The second kappa shape index (κ2) is 8.30. The molecule has 0 aromatic heterocycles. The fourth-order valence-electron chi connectivity index (χ4n) is 4.05. The number of methoxy groups -OCH3 is 1. The number of ether oxygens (including phenoxy) is 1. The summed E-state index contributed by atoms with van der Waals surface area (Å²) in [6.07, 6.45) is 0. The summed E-state index contributed by atoms with van der Waals surface area (Å²) in [7, 11) is 1.53. The normalized spacial score (nSPS) is 17.6. The van der Waals surface area contributed by atoms with Gasteiger partial charge in [0.2, 0.25) is 0 Å². The number of halogens is 1. The summed E-state index contributed by atoms with van der Waals surface area (Å²) >= 11 is 0. The smallest absolute Gasteiger partial charge is 0.300 e. The second-order valence-corrected chi connectivity index (χ2v) is 7.74. The van der Waals surface area contributed by atoms with E-state index in [0.29, 0.717) is 17.0 Å². The maximum Gasteiger partial charge on any atom is 0.300 e. The third kappa shape index (κ3) is 3.64. The number of amides is 1. The van der Waals surface area contributed by atoms with Gasteiger partial charge in [-0.05, 0) is 67.4 Å². The fourth-order valence-corrected chi connectivity index (χ4v) is 4.05. The van der Waals surface area contributed by atoms with Crippen molar-refractivity contribution in [3.8, 4) is 5.75 Å². The van der Waals surface area contributed by atoms with Crippen molar-refractivity contribution in [2.75, 3.05) is 12.0 Å². The van der Waals surface area contributed by atoms with Crippen molar-refractivity contribution in [3.63, 3.8) is 0 Å². The Morgan fingerprint density at radius 1 is 1.00 bits per heavy atom. The van der Waals surface area contributed by atoms with Crippen molar-refractivity contribution in [3.05, 3.63) is 100 Å². The van der Waals surface area contributed by atoms with Crippen molar-refractivity contribution in [1.29, 1.82) is 0 Å². The lowest BCUT2D eigenvalue weighted by Crippen LogP contribution is -2.30. The Bertz CT molecular complexity index is 1250. The molecule has 32 heavy (non-hydrogen) atoms. The van der Waals surface area contributed by atoms with Crippen LogP contribution in [0, 0.1) is 19.7 Å². The molecule has 1 unspecified atom stereocenters. The van der Waals surface area contributed by atoms with Crippen LogP contribution in [-0.4, -0.2) is 23.9 Å². The highest BCUT2D eigenvalue weighted by atomic mass is 19.1. The first-order chi connectivity index (χ1) is 15.3. The Labute approximate surface area is 185 Å². The van der Waals surface area contributed by atoms with Crippen LogP contribution in [0.2, 0.25) is 0 Å². The average Bonchev–Trinajstić information content (AvgIpc) is 3.04. The highest BCUT2D eigenvalue weighted by Gasteiger charge is 2.47. The van der Waals surface area contributed by atoms with Crippen LogP contribution in [0.1, 0.15) is 28.3 Å². The Kier molecular flexibility index (Phi) is 5.53. The van der Waals surface area contributed by atoms with Gasteiger partial charge in [-0.25, -0.2) is 4.39 Å². The van der Waals surface area contributed by atoms with Gasteiger partial charge in [0.25, 0.3) is 11.7 Å². The highest BCUT2D eigenvalue weighted by molar-refractivity contribution is 6.51. The molecule has 0 bridgehead atoms. The molecule has 4 rings (SSSR count). The Morgan fingerprint density at radius 3 is 2.38 bits per heavy atom. The molecule has 0 saturated carbocycles. The standard InChI is InChI=1S/C26H22FNO4/c1-15-7-12-21(16(2)13-15)28-23(18-5-4-6-20(14-18)32-3)22(25(30)26(28)31)24(29)17-8-10-19(27)11-9-17/h4-14,23,29H,1-3H3/b24-22+. The zero-order valence-corrected chi connectivity index (χ0v) is 17.9. The minimum atomic E-state index is -0.878. The third-order valence-corrected chi connectivity index (χ3v) is 5.58. The maximum atomic E-state index is 13.4. The molecule has 0 radical (unpaired) electrons. The molecule has 6 heteroatoms. The van der Waals surface area contributed by atoms with Gasteiger partial charge in [-0.15, -0.1) is 0 Å². The number of nitrogens with zero attached hydrogens (tertiary/aromatic N) is 1. The molecule has 1 aliphatic heterocycles. The van der Waals surface area contributed by atoms with Crippen LogP contribution in [0.3, 0.4) is 0 Å². The van der Waals surface area contributed by atoms with Crippen LogP contribution in [0.15, 0.2) is 72.3 Å². The molecule has 1 saturated heterocycles. The lowest BCUT2D eigenvalue weighted by molar-refractivity contribution is -0.132. The summed E-state index contributed by atoms with van der Waals surface area (Å²) in [5.74, 6) is -1.83. The van der Waals surface area contributed by atoms with E-state index in [0.717, 1.165) is 11.1 Å². The molecule has 5 nitrogen and oxygen atoms in total.